The number of benzene rings is 1. The quantitative estimate of drug-likeness (QED) is 0.597. The molecule has 7 heteroatoms. The zero-order valence-corrected chi connectivity index (χ0v) is 13.3. The Morgan fingerprint density at radius 1 is 1.20 bits per heavy atom. The topological polar surface area (TPSA) is 109 Å². The number of amides is 2. The van der Waals surface area contributed by atoms with Crippen molar-refractivity contribution in [2.45, 2.75) is 25.3 Å². The van der Waals surface area contributed by atoms with E-state index in [1.807, 2.05) is 6.07 Å². The molecule has 0 spiro atoms. The number of aliphatic carboxylic acids is 1. The number of nitrogens with one attached hydrogen (secondary N) is 1. The molecule has 0 aliphatic heterocycles. The standard InChI is InChI=1S/C13H16N2O4.Na/c14-13(19)10(6-7-12(17)18)15-11(16)8-9-4-2-1-3-5-9;/h1-5,10H,6-8H2,(H2,14,19)(H,15,16)(H,17,18);/t10-;/m0./s1. The molecule has 4 N–H and O–H groups in total. The Bertz CT molecular complexity index is 465. The molecule has 1 aromatic carbocycles. The van der Waals surface area contributed by atoms with Gasteiger partial charge in [0.25, 0.3) is 0 Å². The molecule has 2 amide bonds. The molecule has 0 saturated carbocycles. The molecule has 1 atom stereocenters. The van der Waals surface area contributed by atoms with E-state index in [2.05, 4.69) is 5.32 Å². The van der Waals surface area contributed by atoms with Crippen LogP contribution in [0.2, 0.25) is 0 Å². The number of carboxylic acid groups (broad SMARTS) is 1. The largest absolute Gasteiger partial charge is 0.481 e. The number of rotatable bonds is 7. The van der Waals surface area contributed by atoms with Crippen molar-refractivity contribution in [2.75, 3.05) is 0 Å². The molecule has 103 valence electrons. The molecule has 0 saturated heterocycles. The van der Waals surface area contributed by atoms with Crippen molar-refractivity contribution in [1.82, 2.24) is 5.32 Å². The molecule has 0 aliphatic rings. The van der Waals surface area contributed by atoms with Gasteiger partial charge in [0, 0.05) is 36.0 Å². The Morgan fingerprint density at radius 2 is 1.80 bits per heavy atom. The van der Waals surface area contributed by atoms with Gasteiger partial charge in [0.2, 0.25) is 11.8 Å². The third-order valence-corrected chi connectivity index (χ3v) is 2.53. The second-order valence-electron chi connectivity index (χ2n) is 4.12. The SMILES string of the molecule is NC(=O)[C@H](CCC(=O)O)NC(=O)Cc1ccccc1.[Na]. The van der Waals surface area contributed by atoms with Crippen LogP contribution in [0.1, 0.15) is 18.4 Å². The Labute approximate surface area is 139 Å². The van der Waals surface area contributed by atoms with Gasteiger partial charge in [-0.1, -0.05) is 30.3 Å². The Kier molecular flexibility index (Phi) is 8.87. The first-order chi connectivity index (χ1) is 8.99. The van der Waals surface area contributed by atoms with E-state index in [1.54, 1.807) is 24.3 Å². The van der Waals surface area contributed by atoms with Crippen molar-refractivity contribution in [2.24, 2.45) is 5.73 Å². The number of hydrogen-bond acceptors (Lipinski definition) is 3. The van der Waals surface area contributed by atoms with Gasteiger partial charge in [-0.2, -0.15) is 0 Å². The molecule has 1 aromatic rings. The van der Waals surface area contributed by atoms with E-state index >= 15 is 0 Å². The first-order valence-corrected chi connectivity index (χ1v) is 5.83. The van der Waals surface area contributed by atoms with Gasteiger partial charge in [-0.3, -0.25) is 14.4 Å². The number of nitrogens with two attached hydrogens (primary N) is 1. The second-order valence-corrected chi connectivity index (χ2v) is 4.12. The van der Waals surface area contributed by atoms with E-state index in [1.165, 1.54) is 0 Å². The fraction of sp³-hybridized carbons (Fsp3) is 0.308. The number of carbonyl (C=O) groups excluding carboxylic acids is 2. The van der Waals surface area contributed by atoms with E-state index in [-0.39, 0.29) is 54.7 Å². The van der Waals surface area contributed by atoms with Crippen LogP contribution in [0.5, 0.6) is 0 Å². The molecular weight excluding hydrogens is 271 g/mol. The van der Waals surface area contributed by atoms with E-state index < -0.39 is 17.9 Å². The van der Waals surface area contributed by atoms with Gasteiger partial charge in [-0.25, -0.2) is 0 Å². The number of primary amides is 1. The number of carbonyl (C=O) groups is 3. The van der Waals surface area contributed by atoms with Gasteiger partial charge in [0.1, 0.15) is 6.04 Å². The fourth-order valence-electron chi connectivity index (χ4n) is 1.58. The van der Waals surface area contributed by atoms with E-state index in [0.29, 0.717) is 0 Å². The second kappa shape index (κ2) is 9.52. The van der Waals surface area contributed by atoms with Crippen LogP contribution in [0.15, 0.2) is 30.3 Å². The molecule has 1 rings (SSSR count). The third kappa shape index (κ3) is 7.28. The molecule has 1 radical (unpaired) electrons. The number of carboxylic acids is 1. The Balaban J connectivity index is 0.00000361. The third-order valence-electron chi connectivity index (χ3n) is 2.53. The van der Waals surface area contributed by atoms with E-state index in [4.69, 9.17) is 10.8 Å². The van der Waals surface area contributed by atoms with Crippen molar-refractivity contribution in [3.63, 3.8) is 0 Å². The van der Waals surface area contributed by atoms with E-state index in [0.717, 1.165) is 5.56 Å². The van der Waals surface area contributed by atoms with Crippen molar-refractivity contribution < 1.29 is 19.5 Å². The maximum atomic E-state index is 11.7. The molecule has 6 nitrogen and oxygen atoms in total. The summed E-state index contributed by atoms with van der Waals surface area (Å²) in [5, 5.41) is 11.0. The molecule has 0 bridgehead atoms. The predicted molar refractivity (Wildman–Crippen MR) is 73.9 cm³/mol. The van der Waals surface area contributed by atoms with Crippen molar-refractivity contribution in [3.8, 4) is 0 Å². The van der Waals surface area contributed by atoms with Crippen LogP contribution >= 0.6 is 0 Å². The first-order valence-electron chi connectivity index (χ1n) is 5.83. The zero-order valence-electron chi connectivity index (χ0n) is 11.3. The number of hydrogen-bond donors (Lipinski definition) is 3. The minimum absolute atomic E-state index is 0. The van der Waals surface area contributed by atoms with Crippen molar-refractivity contribution in [3.05, 3.63) is 35.9 Å². The molecule has 0 heterocycles. The van der Waals surface area contributed by atoms with Gasteiger partial charge in [-0.05, 0) is 12.0 Å². The minimum atomic E-state index is -1.04. The molecular formula is C13H16N2NaO4. The van der Waals surface area contributed by atoms with Crippen LogP contribution in [0.3, 0.4) is 0 Å². The predicted octanol–water partition coefficient (Wildman–Crippen LogP) is -0.317. The maximum Gasteiger partial charge on any atom is 0.303 e. The summed E-state index contributed by atoms with van der Waals surface area (Å²) in [4.78, 5) is 33.3. The molecule has 0 unspecified atom stereocenters. The van der Waals surface area contributed by atoms with E-state index in [9.17, 15) is 14.4 Å². The van der Waals surface area contributed by atoms with Crippen LogP contribution in [0.25, 0.3) is 0 Å². The average Bonchev–Trinajstić information content (AvgIpc) is 2.35. The summed E-state index contributed by atoms with van der Waals surface area (Å²) in [5.74, 6) is -2.13. The maximum absolute atomic E-state index is 11.7. The summed E-state index contributed by atoms with van der Waals surface area (Å²) in [5.41, 5.74) is 5.92. The van der Waals surface area contributed by atoms with Crippen LogP contribution in [0.4, 0.5) is 0 Å². The van der Waals surface area contributed by atoms with Gasteiger partial charge < -0.3 is 16.2 Å². The first kappa shape index (κ1) is 18.6. The van der Waals surface area contributed by atoms with Gasteiger partial charge in [0.15, 0.2) is 0 Å². The van der Waals surface area contributed by atoms with Crippen LogP contribution in [-0.4, -0.2) is 58.5 Å². The zero-order chi connectivity index (χ0) is 14.3. The Morgan fingerprint density at radius 3 is 2.30 bits per heavy atom. The molecule has 0 aliphatic carbocycles. The van der Waals surface area contributed by atoms with Crippen LogP contribution in [-0.2, 0) is 20.8 Å². The Hall–Kier alpha value is -1.37. The molecule has 0 aromatic heterocycles. The summed E-state index contributed by atoms with van der Waals surface area (Å²) in [6.07, 6.45) is -0.109. The van der Waals surface area contributed by atoms with Crippen molar-refractivity contribution in [1.29, 1.82) is 0 Å². The minimum Gasteiger partial charge on any atom is -0.481 e. The summed E-state index contributed by atoms with van der Waals surface area (Å²) in [7, 11) is 0. The smallest absolute Gasteiger partial charge is 0.303 e. The fourth-order valence-corrected chi connectivity index (χ4v) is 1.58. The average molecular weight is 287 g/mol. The van der Waals surface area contributed by atoms with Gasteiger partial charge in [-0.15, -0.1) is 0 Å². The van der Waals surface area contributed by atoms with Crippen LogP contribution < -0.4 is 11.1 Å². The summed E-state index contributed by atoms with van der Waals surface area (Å²) in [6, 6.07) is 8.07. The normalized spacial score (nSPS) is 11.0. The summed E-state index contributed by atoms with van der Waals surface area (Å²) in [6.45, 7) is 0. The van der Waals surface area contributed by atoms with Gasteiger partial charge in [0.05, 0.1) is 6.42 Å². The summed E-state index contributed by atoms with van der Waals surface area (Å²) < 4.78 is 0. The summed E-state index contributed by atoms with van der Waals surface area (Å²) >= 11 is 0. The van der Waals surface area contributed by atoms with Crippen LogP contribution in [0, 0.1) is 0 Å². The van der Waals surface area contributed by atoms with Crippen molar-refractivity contribution >= 4 is 47.3 Å². The molecule has 20 heavy (non-hydrogen) atoms. The van der Waals surface area contributed by atoms with Gasteiger partial charge >= 0.3 is 5.97 Å². The molecule has 0 fully saturated rings. The monoisotopic (exact) mass is 287 g/mol.